The van der Waals surface area contributed by atoms with E-state index < -0.39 is 10.0 Å². The average Bonchev–Trinajstić information content (AvgIpc) is 2.58. The number of ether oxygens (including phenoxy) is 1. The molecule has 0 spiro atoms. The number of benzene rings is 1. The first kappa shape index (κ1) is 21.7. The number of hydrogen-bond donors (Lipinski definition) is 2. The summed E-state index contributed by atoms with van der Waals surface area (Å²) in [5.41, 5.74) is 2.96. The molecule has 1 aliphatic heterocycles. The van der Waals surface area contributed by atoms with Crippen LogP contribution in [0.2, 0.25) is 0 Å². The van der Waals surface area contributed by atoms with Crippen molar-refractivity contribution in [3.8, 4) is 23.3 Å². The standard InChI is InChI=1S/C23H31NO4S/c1-16-10-11-19-18(13-16)22-20(25)14-17(15-21(22)28-23(19,2)3)9-7-5-6-8-12-24-29(4,26)27/h10,14-15,18-19,24-25H,6,8-9,11-13H2,1-4H3/t18-,19-/m1/s1. The van der Waals surface area contributed by atoms with Crippen LogP contribution in [-0.2, 0) is 16.4 Å². The number of rotatable bonds is 5. The molecule has 1 aliphatic carbocycles. The molecule has 0 saturated heterocycles. The molecule has 6 heteroatoms. The van der Waals surface area contributed by atoms with Gasteiger partial charge in [-0.15, -0.1) is 5.92 Å². The van der Waals surface area contributed by atoms with Crippen molar-refractivity contribution in [2.24, 2.45) is 5.92 Å². The molecule has 29 heavy (non-hydrogen) atoms. The normalized spacial score (nSPS) is 22.4. The van der Waals surface area contributed by atoms with Gasteiger partial charge in [-0.05, 0) is 57.7 Å². The number of fused-ring (bicyclic) bond motifs is 3. The molecule has 0 radical (unpaired) electrons. The summed E-state index contributed by atoms with van der Waals surface area (Å²) in [6.07, 6.45) is 7.20. The Bertz CT molecular complexity index is 967. The molecule has 158 valence electrons. The summed E-state index contributed by atoms with van der Waals surface area (Å²) in [7, 11) is -3.14. The molecule has 0 aromatic heterocycles. The van der Waals surface area contributed by atoms with Crippen LogP contribution in [0.4, 0.5) is 0 Å². The third kappa shape index (κ3) is 5.34. The molecule has 0 bridgehead atoms. The van der Waals surface area contributed by atoms with Crippen LogP contribution in [0, 0.1) is 17.8 Å². The van der Waals surface area contributed by atoms with E-state index in [4.69, 9.17) is 4.74 Å². The smallest absolute Gasteiger partial charge is 0.208 e. The van der Waals surface area contributed by atoms with Crippen LogP contribution in [0.25, 0.3) is 0 Å². The van der Waals surface area contributed by atoms with Crippen LogP contribution in [0.3, 0.4) is 0 Å². The van der Waals surface area contributed by atoms with Crippen molar-refractivity contribution >= 4 is 10.0 Å². The van der Waals surface area contributed by atoms with E-state index in [0.717, 1.165) is 36.0 Å². The molecular formula is C23H31NO4S. The molecule has 1 aromatic rings. The third-order valence-electron chi connectivity index (χ3n) is 5.82. The lowest BCUT2D eigenvalue weighted by Gasteiger charge is -2.47. The molecule has 5 nitrogen and oxygen atoms in total. The van der Waals surface area contributed by atoms with Crippen LogP contribution in [-0.4, -0.2) is 31.9 Å². The van der Waals surface area contributed by atoms with E-state index in [1.165, 1.54) is 5.57 Å². The number of nitrogens with one attached hydrogen (secondary N) is 1. The van der Waals surface area contributed by atoms with Gasteiger partial charge < -0.3 is 9.84 Å². The Morgan fingerprint density at radius 3 is 2.79 bits per heavy atom. The minimum Gasteiger partial charge on any atom is -0.508 e. The van der Waals surface area contributed by atoms with Gasteiger partial charge in [0.1, 0.15) is 17.1 Å². The van der Waals surface area contributed by atoms with Crippen molar-refractivity contribution in [3.05, 3.63) is 34.9 Å². The van der Waals surface area contributed by atoms with E-state index in [2.05, 4.69) is 43.4 Å². The average molecular weight is 418 g/mol. The van der Waals surface area contributed by atoms with Gasteiger partial charge in [0.2, 0.25) is 10.0 Å². The van der Waals surface area contributed by atoms with Crippen molar-refractivity contribution < 1.29 is 18.3 Å². The van der Waals surface area contributed by atoms with Gasteiger partial charge in [0.15, 0.2) is 0 Å². The zero-order chi connectivity index (χ0) is 21.2. The van der Waals surface area contributed by atoms with Gasteiger partial charge in [0.05, 0.1) is 6.26 Å². The van der Waals surface area contributed by atoms with Crippen LogP contribution in [0.15, 0.2) is 23.8 Å². The predicted octanol–water partition coefficient (Wildman–Crippen LogP) is 3.88. The number of allylic oxidation sites excluding steroid dienone is 2. The van der Waals surface area contributed by atoms with Crippen LogP contribution < -0.4 is 9.46 Å². The summed E-state index contributed by atoms with van der Waals surface area (Å²) in [5.74, 6) is 7.90. The highest BCUT2D eigenvalue weighted by atomic mass is 32.2. The second-order valence-electron chi connectivity index (χ2n) is 8.74. The lowest BCUT2D eigenvalue weighted by atomic mass is 9.67. The SMILES string of the molecule is CC1=CC[C@@H]2[C@@H](C1)c1c(O)cc(CC#CCCCNS(C)(=O)=O)cc1OC2(C)C. The van der Waals surface area contributed by atoms with Gasteiger partial charge in [-0.3, -0.25) is 0 Å². The van der Waals surface area contributed by atoms with Crippen LogP contribution in [0.5, 0.6) is 11.5 Å². The number of phenols is 1. The Hall–Kier alpha value is -1.97. The minimum atomic E-state index is -3.14. The molecule has 2 atom stereocenters. The van der Waals surface area contributed by atoms with Gasteiger partial charge in [0.25, 0.3) is 0 Å². The maximum Gasteiger partial charge on any atom is 0.208 e. The molecule has 0 unspecified atom stereocenters. The van der Waals surface area contributed by atoms with E-state index in [9.17, 15) is 13.5 Å². The molecule has 0 fully saturated rings. The van der Waals surface area contributed by atoms with Crippen molar-refractivity contribution in [1.82, 2.24) is 4.72 Å². The van der Waals surface area contributed by atoms with E-state index in [1.54, 1.807) is 0 Å². The summed E-state index contributed by atoms with van der Waals surface area (Å²) >= 11 is 0. The third-order valence-corrected chi connectivity index (χ3v) is 6.55. The van der Waals surface area contributed by atoms with Gasteiger partial charge in [-0.25, -0.2) is 13.1 Å². The second-order valence-corrected chi connectivity index (χ2v) is 10.6. The quantitative estimate of drug-likeness (QED) is 0.433. The molecule has 2 aliphatic rings. The number of phenolic OH excluding ortho intramolecular Hbond substituents is 1. The van der Waals surface area contributed by atoms with E-state index in [-0.39, 0.29) is 11.5 Å². The Labute approximate surface area is 174 Å². The zero-order valence-corrected chi connectivity index (χ0v) is 18.5. The fourth-order valence-electron chi connectivity index (χ4n) is 4.41. The van der Waals surface area contributed by atoms with Gasteiger partial charge in [-0.1, -0.05) is 17.6 Å². The number of hydrogen-bond acceptors (Lipinski definition) is 4. The zero-order valence-electron chi connectivity index (χ0n) is 17.7. The number of sulfonamides is 1. The molecule has 3 rings (SSSR count). The Balaban J connectivity index is 1.70. The van der Waals surface area contributed by atoms with Crippen molar-refractivity contribution in [1.29, 1.82) is 0 Å². The Morgan fingerprint density at radius 2 is 2.07 bits per heavy atom. The van der Waals surface area contributed by atoms with Crippen LogP contribution in [0.1, 0.15) is 63.5 Å². The topological polar surface area (TPSA) is 75.6 Å². The van der Waals surface area contributed by atoms with Crippen molar-refractivity contribution in [3.63, 3.8) is 0 Å². The fraction of sp³-hybridized carbons (Fsp3) is 0.565. The molecule has 1 heterocycles. The molecule has 0 amide bonds. The minimum absolute atomic E-state index is 0.279. The largest absolute Gasteiger partial charge is 0.508 e. The first-order chi connectivity index (χ1) is 13.6. The van der Waals surface area contributed by atoms with E-state index in [1.807, 2.05) is 12.1 Å². The van der Waals surface area contributed by atoms with E-state index in [0.29, 0.717) is 37.5 Å². The lowest BCUT2D eigenvalue weighted by molar-refractivity contribution is 0.00754. The van der Waals surface area contributed by atoms with Crippen molar-refractivity contribution in [2.45, 2.75) is 64.4 Å². The summed E-state index contributed by atoms with van der Waals surface area (Å²) in [6, 6.07) is 3.83. The van der Waals surface area contributed by atoms with Gasteiger partial charge >= 0.3 is 0 Å². The van der Waals surface area contributed by atoms with E-state index >= 15 is 0 Å². The summed E-state index contributed by atoms with van der Waals surface area (Å²) < 4.78 is 30.8. The maximum absolute atomic E-state index is 11.0. The highest BCUT2D eigenvalue weighted by molar-refractivity contribution is 7.88. The predicted molar refractivity (Wildman–Crippen MR) is 116 cm³/mol. The first-order valence-corrected chi connectivity index (χ1v) is 12.1. The van der Waals surface area contributed by atoms with Crippen molar-refractivity contribution in [2.75, 3.05) is 12.8 Å². The summed E-state index contributed by atoms with van der Waals surface area (Å²) in [5, 5.41) is 10.8. The second kappa shape index (κ2) is 8.41. The van der Waals surface area contributed by atoms with Gasteiger partial charge in [0, 0.05) is 36.8 Å². The number of unbranched alkanes of at least 4 members (excludes halogenated alkanes) is 1. The highest BCUT2D eigenvalue weighted by Crippen LogP contribution is 2.54. The summed E-state index contributed by atoms with van der Waals surface area (Å²) in [6.45, 7) is 6.82. The molecule has 1 aromatic carbocycles. The highest BCUT2D eigenvalue weighted by Gasteiger charge is 2.45. The lowest BCUT2D eigenvalue weighted by Crippen LogP contribution is -2.45. The molecular weight excluding hydrogens is 386 g/mol. The van der Waals surface area contributed by atoms with Crippen LogP contribution >= 0.6 is 0 Å². The maximum atomic E-state index is 11.0. The Kier molecular flexibility index (Phi) is 6.30. The Morgan fingerprint density at radius 1 is 1.31 bits per heavy atom. The first-order valence-electron chi connectivity index (χ1n) is 10.2. The monoisotopic (exact) mass is 417 g/mol. The molecule has 0 saturated carbocycles. The number of aromatic hydroxyl groups is 1. The van der Waals surface area contributed by atoms with Gasteiger partial charge in [-0.2, -0.15) is 0 Å². The molecule has 2 N–H and O–H groups in total. The summed E-state index contributed by atoms with van der Waals surface area (Å²) in [4.78, 5) is 0. The fourth-order valence-corrected chi connectivity index (χ4v) is 4.92.